The minimum absolute atomic E-state index is 0.175. The van der Waals surface area contributed by atoms with Gasteiger partial charge in [0.05, 0.1) is 11.4 Å². The number of carbonyl (C=O) groups is 2. The molecule has 0 saturated heterocycles. The highest BCUT2D eigenvalue weighted by Gasteiger charge is 2.40. The molecule has 0 bridgehead atoms. The Morgan fingerprint density at radius 1 is 0.864 bits per heavy atom. The first-order valence-corrected chi connectivity index (χ1v) is 6.95. The molecule has 2 aromatic rings. The van der Waals surface area contributed by atoms with E-state index in [1.165, 1.54) is 26.0 Å². The first-order chi connectivity index (χ1) is 10.5. The summed E-state index contributed by atoms with van der Waals surface area (Å²) in [7, 11) is 0. The van der Waals surface area contributed by atoms with Crippen LogP contribution in [0.4, 0.5) is 15.8 Å². The number of para-hydroxylation sites is 2. The maximum atomic E-state index is 13.2. The summed E-state index contributed by atoms with van der Waals surface area (Å²) in [5, 5.41) is 0. The number of fused-ring (bicyclic) bond motifs is 1. The molecule has 3 rings (SSSR count). The Labute approximate surface area is 127 Å². The van der Waals surface area contributed by atoms with Gasteiger partial charge in [-0.3, -0.25) is 19.4 Å². The van der Waals surface area contributed by atoms with Crippen LogP contribution in [0.5, 0.6) is 0 Å². The van der Waals surface area contributed by atoms with Crippen LogP contribution < -0.4 is 9.80 Å². The molecule has 0 unspecified atom stereocenters. The molecule has 2 aromatic carbocycles. The summed E-state index contributed by atoms with van der Waals surface area (Å²) in [5.41, 5.74) is 2.04. The quantitative estimate of drug-likeness (QED) is 0.811. The van der Waals surface area contributed by atoms with E-state index in [4.69, 9.17) is 0 Å². The number of nitrogens with zero attached hydrogens (tertiary/aromatic N) is 2. The van der Waals surface area contributed by atoms with E-state index in [-0.39, 0.29) is 17.6 Å². The summed E-state index contributed by atoms with van der Waals surface area (Å²) in [5.74, 6) is -0.709. The van der Waals surface area contributed by atoms with E-state index in [1.54, 1.807) is 34.1 Å². The summed E-state index contributed by atoms with van der Waals surface area (Å²) >= 11 is 0. The third kappa shape index (κ3) is 2.15. The molecule has 0 N–H and O–H groups in total. The minimum Gasteiger partial charge on any atom is -0.285 e. The average molecular weight is 298 g/mol. The van der Waals surface area contributed by atoms with Crippen LogP contribution in [-0.4, -0.2) is 11.8 Å². The Bertz CT molecular complexity index is 702. The number of halogens is 1. The summed E-state index contributed by atoms with van der Waals surface area (Å²) in [4.78, 5) is 27.4. The van der Waals surface area contributed by atoms with Crippen LogP contribution in [-0.2, 0) is 9.59 Å². The minimum atomic E-state index is -0.590. The first-order valence-electron chi connectivity index (χ1n) is 6.95. The lowest BCUT2D eigenvalue weighted by Crippen LogP contribution is -2.40. The van der Waals surface area contributed by atoms with Crippen molar-refractivity contribution in [1.29, 1.82) is 0 Å². The van der Waals surface area contributed by atoms with E-state index in [9.17, 15) is 14.0 Å². The van der Waals surface area contributed by atoms with Crippen LogP contribution in [0.1, 0.15) is 25.6 Å². The Morgan fingerprint density at radius 2 is 1.32 bits per heavy atom. The standard InChI is InChI=1S/C17H15FN2O2/c1-11(21)19-15-5-3-4-6-16(15)20(12(2)22)17(19)13-7-9-14(18)10-8-13/h3-10,17H,1-2H3. The maximum Gasteiger partial charge on any atom is 0.225 e. The van der Waals surface area contributed by atoms with Crippen LogP contribution in [0, 0.1) is 5.82 Å². The second-order valence-corrected chi connectivity index (χ2v) is 5.19. The van der Waals surface area contributed by atoms with Crippen molar-refractivity contribution < 1.29 is 14.0 Å². The molecule has 1 aliphatic heterocycles. The van der Waals surface area contributed by atoms with Gasteiger partial charge in [-0.05, 0) is 29.8 Å². The lowest BCUT2D eigenvalue weighted by atomic mass is 10.1. The number of hydrogen-bond acceptors (Lipinski definition) is 2. The summed E-state index contributed by atoms with van der Waals surface area (Å²) in [6, 6.07) is 13.1. The second-order valence-electron chi connectivity index (χ2n) is 5.19. The molecule has 0 aromatic heterocycles. The van der Waals surface area contributed by atoms with Crippen molar-refractivity contribution in [2.75, 3.05) is 9.80 Å². The Morgan fingerprint density at radius 3 is 1.73 bits per heavy atom. The highest BCUT2D eigenvalue weighted by molar-refractivity contribution is 6.07. The largest absolute Gasteiger partial charge is 0.285 e. The van der Waals surface area contributed by atoms with Crippen molar-refractivity contribution in [3.63, 3.8) is 0 Å². The molecule has 0 saturated carbocycles. The van der Waals surface area contributed by atoms with Gasteiger partial charge in [-0.1, -0.05) is 24.3 Å². The number of amides is 2. The summed E-state index contributed by atoms with van der Waals surface area (Å²) in [6.07, 6.45) is -0.590. The van der Waals surface area contributed by atoms with E-state index in [0.29, 0.717) is 16.9 Å². The molecule has 0 atom stereocenters. The lowest BCUT2D eigenvalue weighted by Gasteiger charge is -2.29. The fraction of sp³-hybridized carbons (Fsp3) is 0.176. The third-order valence-corrected chi connectivity index (χ3v) is 3.74. The third-order valence-electron chi connectivity index (χ3n) is 3.74. The van der Waals surface area contributed by atoms with Crippen molar-refractivity contribution >= 4 is 23.2 Å². The van der Waals surface area contributed by atoms with E-state index >= 15 is 0 Å². The maximum absolute atomic E-state index is 13.2. The van der Waals surface area contributed by atoms with Crippen LogP contribution in [0.2, 0.25) is 0 Å². The van der Waals surface area contributed by atoms with E-state index in [2.05, 4.69) is 0 Å². The highest BCUT2D eigenvalue weighted by Crippen LogP contribution is 2.46. The molecule has 112 valence electrons. The normalized spacial score (nSPS) is 14.1. The number of benzene rings is 2. The molecule has 2 amide bonds. The van der Waals surface area contributed by atoms with E-state index in [1.807, 2.05) is 12.1 Å². The zero-order chi connectivity index (χ0) is 15.9. The van der Waals surface area contributed by atoms with Gasteiger partial charge in [-0.2, -0.15) is 0 Å². The Hall–Kier alpha value is -2.69. The zero-order valence-electron chi connectivity index (χ0n) is 12.3. The molecule has 0 aliphatic carbocycles. The molecule has 1 heterocycles. The van der Waals surface area contributed by atoms with Gasteiger partial charge in [-0.15, -0.1) is 0 Å². The van der Waals surface area contributed by atoms with Gasteiger partial charge >= 0.3 is 0 Å². The van der Waals surface area contributed by atoms with Gasteiger partial charge in [0.1, 0.15) is 12.0 Å². The SMILES string of the molecule is CC(=O)N1c2ccccc2N(C(C)=O)C1c1ccc(F)cc1. The molecule has 22 heavy (non-hydrogen) atoms. The van der Waals surface area contributed by atoms with Gasteiger partial charge in [-0.25, -0.2) is 4.39 Å². The topological polar surface area (TPSA) is 40.6 Å². The predicted octanol–water partition coefficient (Wildman–Crippen LogP) is 3.24. The molecule has 5 heteroatoms. The number of carbonyl (C=O) groups excluding carboxylic acids is 2. The Kier molecular flexibility index (Phi) is 3.41. The molecule has 0 fully saturated rings. The van der Waals surface area contributed by atoms with Gasteiger partial charge in [0.2, 0.25) is 11.8 Å². The molecule has 0 radical (unpaired) electrons. The van der Waals surface area contributed by atoms with Gasteiger partial charge in [0, 0.05) is 13.8 Å². The van der Waals surface area contributed by atoms with Crippen LogP contribution in [0.15, 0.2) is 48.5 Å². The van der Waals surface area contributed by atoms with Crippen LogP contribution >= 0.6 is 0 Å². The van der Waals surface area contributed by atoms with Gasteiger partial charge in [0.15, 0.2) is 0 Å². The summed E-state index contributed by atoms with van der Waals surface area (Å²) in [6.45, 7) is 2.91. The van der Waals surface area contributed by atoms with E-state index < -0.39 is 6.17 Å². The van der Waals surface area contributed by atoms with Gasteiger partial charge in [0.25, 0.3) is 0 Å². The van der Waals surface area contributed by atoms with Crippen molar-refractivity contribution in [2.24, 2.45) is 0 Å². The monoisotopic (exact) mass is 298 g/mol. The van der Waals surface area contributed by atoms with Gasteiger partial charge < -0.3 is 0 Å². The Balaban J connectivity index is 2.19. The van der Waals surface area contributed by atoms with Crippen LogP contribution in [0.3, 0.4) is 0 Å². The smallest absolute Gasteiger partial charge is 0.225 e. The molecule has 4 nitrogen and oxygen atoms in total. The highest BCUT2D eigenvalue weighted by atomic mass is 19.1. The van der Waals surface area contributed by atoms with Crippen molar-refractivity contribution in [1.82, 2.24) is 0 Å². The first kappa shape index (κ1) is 14.3. The van der Waals surface area contributed by atoms with Crippen LogP contribution in [0.25, 0.3) is 0 Å². The zero-order valence-corrected chi connectivity index (χ0v) is 12.3. The fourth-order valence-electron chi connectivity index (χ4n) is 2.87. The molecular weight excluding hydrogens is 283 g/mol. The van der Waals surface area contributed by atoms with Crippen molar-refractivity contribution in [3.05, 3.63) is 59.9 Å². The van der Waals surface area contributed by atoms with Crippen molar-refractivity contribution in [2.45, 2.75) is 20.0 Å². The number of rotatable bonds is 1. The summed E-state index contributed by atoms with van der Waals surface area (Å²) < 4.78 is 13.2. The number of hydrogen-bond donors (Lipinski definition) is 0. The predicted molar refractivity (Wildman–Crippen MR) is 81.9 cm³/mol. The molecule has 0 spiro atoms. The average Bonchev–Trinajstić information content (AvgIpc) is 2.83. The number of anilines is 2. The van der Waals surface area contributed by atoms with E-state index in [0.717, 1.165) is 0 Å². The van der Waals surface area contributed by atoms with Crippen molar-refractivity contribution in [3.8, 4) is 0 Å². The molecular formula is C17H15FN2O2. The second kappa shape index (κ2) is 5.26. The fourth-order valence-corrected chi connectivity index (χ4v) is 2.87. The lowest BCUT2D eigenvalue weighted by molar-refractivity contribution is -0.118. The molecule has 1 aliphatic rings.